The normalized spacial score (nSPS) is 9.50. The molecule has 0 aliphatic carbocycles. The second-order valence-corrected chi connectivity index (χ2v) is 2.39. The second-order valence-electron chi connectivity index (χ2n) is 2.39. The third kappa shape index (κ3) is 2.23. The molecule has 14 heavy (non-hydrogen) atoms. The van der Waals surface area contributed by atoms with Crippen LogP contribution < -0.4 is 10.9 Å². The summed E-state index contributed by atoms with van der Waals surface area (Å²) in [6.07, 6.45) is 2.33. The summed E-state index contributed by atoms with van der Waals surface area (Å²) in [7, 11) is 1.52. The summed E-state index contributed by atoms with van der Waals surface area (Å²) in [5.74, 6) is -0.469. The van der Waals surface area contributed by atoms with Gasteiger partial charge in [-0.05, 0) is 0 Å². The molecule has 2 N–H and O–H groups in total. The first-order valence-corrected chi connectivity index (χ1v) is 3.71. The van der Waals surface area contributed by atoms with Crippen LogP contribution in [0, 0.1) is 10.1 Å². The summed E-state index contributed by atoms with van der Waals surface area (Å²) in [5, 5.41) is 10.4. The number of nitrogens with zero attached hydrogens (tertiary/aromatic N) is 2. The average Bonchev–Trinajstić information content (AvgIpc) is 2.18. The molecule has 0 atom stereocenters. The van der Waals surface area contributed by atoms with Crippen molar-refractivity contribution < 1.29 is 9.72 Å². The number of nitro groups is 1. The van der Waals surface area contributed by atoms with E-state index in [-0.39, 0.29) is 11.3 Å². The van der Waals surface area contributed by atoms with Gasteiger partial charge in [0.1, 0.15) is 6.20 Å². The molecule has 0 spiro atoms. The van der Waals surface area contributed by atoms with Gasteiger partial charge in [-0.3, -0.25) is 25.3 Å². The van der Waals surface area contributed by atoms with Gasteiger partial charge in [0.25, 0.3) is 11.6 Å². The summed E-state index contributed by atoms with van der Waals surface area (Å²) in [6, 6.07) is 1.15. The third-order valence-corrected chi connectivity index (χ3v) is 1.44. The van der Waals surface area contributed by atoms with E-state index in [1.54, 1.807) is 0 Å². The average molecular weight is 196 g/mol. The van der Waals surface area contributed by atoms with Crippen molar-refractivity contribution in [1.82, 2.24) is 15.8 Å². The summed E-state index contributed by atoms with van der Waals surface area (Å²) < 4.78 is 0. The van der Waals surface area contributed by atoms with Crippen LogP contribution in [0.2, 0.25) is 0 Å². The van der Waals surface area contributed by atoms with Crippen LogP contribution in [0.3, 0.4) is 0 Å². The van der Waals surface area contributed by atoms with E-state index in [2.05, 4.69) is 15.8 Å². The van der Waals surface area contributed by atoms with Gasteiger partial charge >= 0.3 is 0 Å². The minimum atomic E-state index is -0.608. The molecule has 0 unspecified atom stereocenters. The molecule has 1 amide bonds. The van der Waals surface area contributed by atoms with Crippen LogP contribution in [0.5, 0.6) is 0 Å². The maximum atomic E-state index is 11.2. The maximum Gasteiger partial charge on any atom is 0.288 e. The van der Waals surface area contributed by atoms with Gasteiger partial charge in [-0.25, -0.2) is 5.43 Å². The van der Waals surface area contributed by atoms with Crippen LogP contribution >= 0.6 is 0 Å². The van der Waals surface area contributed by atoms with Gasteiger partial charge < -0.3 is 0 Å². The first kappa shape index (κ1) is 10.1. The fourth-order valence-electron chi connectivity index (χ4n) is 0.838. The van der Waals surface area contributed by atoms with Crippen LogP contribution in [0.1, 0.15) is 10.4 Å². The number of carbonyl (C=O) groups excluding carboxylic acids is 1. The monoisotopic (exact) mass is 196 g/mol. The fraction of sp³-hybridized carbons (Fsp3) is 0.143. The van der Waals surface area contributed by atoms with E-state index < -0.39 is 10.8 Å². The SMILES string of the molecule is CNNC(=O)c1cncc([N+](=O)[O-])c1. The van der Waals surface area contributed by atoms with Gasteiger partial charge in [-0.15, -0.1) is 0 Å². The number of aromatic nitrogens is 1. The van der Waals surface area contributed by atoms with Crippen LogP contribution in [-0.4, -0.2) is 22.9 Å². The molecule has 74 valence electrons. The third-order valence-electron chi connectivity index (χ3n) is 1.44. The zero-order valence-corrected chi connectivity index (χ0v) is 7.35. The lowest BCUT2D eigenvalue weighted by atomic mass is 10.2. The standard InChI is InChI=1S/C7H8N4O3/c1-8-10-7(12)5-2-6(11(13)14)4-9-3-5/h2-4,8H,1H3,(H,10,12). The number of hydrogen-bond donors (Lipinski definition) is 2. The first-order chi connectivity index (χ1) is 6.65. The smallest absolute Gasteiger partial charge is 0.288 e. The number of nitrogens with one attached hydrogen (secondary N) is 2. The summed E-state index contributed by atoms with van der Waals surface area (Å²) in [6.45, 7) is 0. The fourth-order valence-corrected chi connectivity index (χ4v) is 0.838. The highest BCUT2D eigenvalue weighted by Crippen LogP contribution is 2.10. The molecule has 0 bridgehead atoms. The quantitative estimate of drug-likeness (QED) is 0.517. The molecule has 0 saturated heterocycles. The molecule has 0 aromatic carbocycles. The highest BCUT2D eigenvalue weighted by molar-refractivity contribution is 5.94. The lowest BCUT2D eigenvalue weighted by molar-refractivity contribution is -0.385. The van der Waals surface area contributed by atoms with Crippen LogP contribution in [-0.2, 0) is 0 Å². The number of carbonyl (C=O) groups is 1. The predicted molar refractivity (Wildman–Crippen MR) is 47.4 cm³/mol. The number of hydrazine groups is 1. The van der Waals surface area contributed by atoms with Crippen molar-refractivity contribution in [3.8, 4) is 0 Å². The van der Waals surface area contributed by atoms with Gasteiger partial charge in [0.05, 0.1) is 10.5 Å². The Balaban J connectivity index is 2.93. The zero-order valence-electron chi connectivity index (χ0n) is 7.35. The molecule has 1 aromatic rings. The molecule has 7 nitrogen and oxygen atoms in total. The molecule has 1 rings (SSSR count). The largest absolute Gasteiger partial charge is 0.288 e. The molecule has 0 aliphatic heterocycles. The van der Waals surface area contributed by atoms with E-state index in [4.69, 9.17) is 0 Å². The molecule has 0 aliphatic rings. The van der Waals surface area contributed by atoms with Crippen molar-refractivity contribution in [3.63, 3.8) is 0 Å². The van der Waals surface area contributed by atoms with E-state index in [1.807, 2.05) is 0 Å². The molecular weight excluding hydrogens is 188 g/mol. The topological polar surface area (TPSA) is 97.2 Å². The molecule has 0 saturated carbocycles. The summed E-state index contributed by atoms with van der Waals surface area (Å²) in [5.41, 5.74) is 4.61. The Bertz CT molecular complexity index is 366. The summed E-state index contributed by atoms with van der Waals surface area (Å²) in [4.78, 5) is 24.5. The highest BCUT2D eigenvalue weighted by atomic mass is 16.6. The zero-order chi connectivity index (χ0) is 10.6. The van der Waals surface area contributed by atoms with Crippen LogP contribution in [0.15, 0.2) is 18.5 Å². The molecular formula is C7H8N4O3. The number of hydrogen-bond acceptors (Lipinski definition) is 5. The van der Waals surface area contributed by atoms with Gasteiger partial charge in [0.15, 0.2) is 0 Å². The van der Waals surface area contributed by atoms with Crippen LogP contribution in [0.4, 0.5) is 5.69 Å². The predicted octanol–water partition coefficient (Wildman–Crippen LogP) is -0.146. The Kier molecular flexibility index (Phi) is 3.08. The Morgan fingerprint density at radius 2 is 2.29 bits per heavy atom. The maximum absolute atomic E-state index is 11.2. The molecule has 1 aromatic heterocycles. The van der Waals surface area contributed by atoms with E-state index in [0.717, 1.165) is 12.3 Å². The number of pyridine rings is 1. The minimum Gasteiger partial charge on any atom is -0.288 e. The van der Waals surface area contributed by atoms with Gasteiger partial charge in [-0.1, -0.05) is 0 Å². The Morgan fingerprint density at radius 1 is 1.57 bits per heavy atom. The molecule has 0 fully saturated rings. The van der Waals surface area contributed by atoms with Gasteiger partial charge in [0.2, 0.25) is 0 Å². The van der Waals surface area contributed by atoms with Gasteiger partial charge in [-0.2, -0.15) is 0 Å². The van der Waals surface area contributed by atoms with Crippen molar-refractivity contribution >= 4 is 11.6 Å². The van der Waals surface area contributed by atoms with Crippen molar-refractivity contribution in [1.29, 1.82) is 0 Å². The van der Waals surface area contributed by atoms with Crippen molar-refractivity contribution in [2.75, 3.05) is 7.05 Å². The Labute approximate surface area is 79.3 Å². The minimum absolute atomic E-state index is 0.133. The number of amides is 1. The second kappa shape index (κ2) is 4.28. The van der Waals surface area contributed by atoms with Crippen molar-refractivity contribution in [3.05, 3.63) is 34.1 Å². The van der Waals surface area contributed by atoms with E-state index in [9.17, 15) is 14.9 Å². The molecule has 0 radical (unpaired) electrons. The highest BCUT2D eigenvalue weighted by Gasteiger charge is 2.11. The Morgan fingerprint density at radius 3 is 2.86 bits per heavy atom. The summed E-state index contributed by atoms with van der Waals surface area (Å²) >= 11 is 0. The van der Waals surface area contributed by atoms with E-state index >= 15 is 0 Å². The van der Waals surface area contributed by atoms with E-state index in [0.29, 0.717) is 0 Å². The lowest BCUT2D eigenvalue weighted by Crippen LogP contribution is -2.34. The number of rotatable bonds is 3. The van der Waals surface area contributed by atoms with Crippen molar-refractivity contribution in [2.45, 2.75) is 0 Å². The Hall–Kier alpha value is -2.02. The molecule has 1 heterocycles. The van der Waals surface area contributed by atoms with Gasteiger partial charge in [0, 0.05) is 19.3 Å². The first-order valence-electron chi connectivity index (χ1n) is 3.71. The van der Waals surface area contributed by atoms with Crippen molar-refractivity contribution in [2.24, 2.45) is 0 Å². The van der Waals surface area contributed by atoms with E-state index in [1.165, 1.54) is 13.2 Å². The lowest BCUT2D eigenvalue weighted by Gasteiger charge is -2.01. The molecule has 7 heteroatoms. The van der Waals surface area contributed by atoms with Crippen LogP contribution in [0.25, 0.3) is 0 Å².